The van der Waals surface area contributed by atoms with Crippen LogP contribution in [0.1, 0.15) is 17.0 Å². The van der Waals surface area contributed by atoms with Crippen LogP contribution in [0.15, 0.2) is 60.2 Å². The highest BCUT2D eigenvalue weighted by Gasteiger charge is 2.14. The molecule has 0 fully saturated rings. The highest BCUT2D eigenvalue weighted by molar-refractivity contribution is 14.1. The molecule has 0 aliphatic carbocycles. The zero-order chi connectivity index (χ0) is 20.3. The molecule has 3 rings (SSSR count). The molecule has 2 aromatic carbocycles. The number of aryl methyl sites for hydroxylation is 1. The number of benzene rings is 2. The van der Waals surface area contributed by atoms with Gasteiger partial charge in [-0.3, -0.25) is 4.79 Å². The van der Waals surface area contributed by atoms with Crippen molar-refractivity contribution in [2.75, 3.05) is 5.32 Å². The molecule has 0 saturated heterocycles. The van der Waals surface area contributed by atoms with Crippen LogP contribution in [0.3, 0.4) is 0 Å². The molecule has 3 aromatic rings. The number of amides is 1. The molecule has 1 aromatic heterocycles. The first-order valence-corrected chi connectivity index (χ1v) is 9.98. The Labute approximate surface area is 182 Å². The molecule has 0 spiro atoms. The first kappa shape index (κ1) is 20.2. The van der Waals surface area contributed by atoms with Crippen LogP contribution in [0, 0.1) is 28.7 Å². The van der Waals surface area contributed by atoms with Gasteiger partial charge in [0.2, 0.25) is 0 Å². The summed E-state index contributed by atoms with van der Waals surface area (Å²) in [6.07, 6.45) is 1.62. The molecule has 1 amide bonds. The minimum absolute atomic E-state index is 0.0462. The Hall–Kier alpha value is -2.56. The van der Waals surface area contributed by atoms with Crippen LogP contribution in [-0.2, 0) is 4.79 Å². The van der Waals surface area contributed by atoms with Crippen molar-refractivity contribution in [2.24, 2.45) is 0 Å². The number of nitriles is 1. The highest BCUT2D eigenvalue weighted by atomic mass is 127. The molecular weight excluding hydrogens is 485 g/mol. The smallest absolute Gasteiger partial charge is 0.266 e. The SMILES string of the molecule is Cc1cc(/C=C(\C#N)C(=O)Nc2ccc(I)cc2)c(C)n1-c1cccc(Cl)c1. The molecule has 0 radical (unpaired) electrons. The molecule has 0 saturated carbocycles. The van der Waals surface area contributed by atoms with Gasteiger partial charge in [0.25, 0.3) is 5.91 Å². The summed E-state index contributed by atoms with van der Waals surface area (Å²) in [6.45, 7) is 3.93. The summed E-state index contributed by atoms with van der Waals surface area (Å²) in [4.78, 5) is 12.5. The van der Waals surface area contributed by atoms with Crippen LogP contribution < -0.4 is 5.32 Å². The maximum Gasteiger partial charge on any atom is 0.266 e. The number of nitrogens with one attached hydrogen (secondary N) is 1. The molecular formula is C22H17ClIN3O. The number of halogens is 2. The van der Waals surface area contributed by atoms with Crippen molar-refractivity contribution in [2.45, 2.75) is 13.8 Å². The maximum absolute atomic E-state index is 12.5. The Morgan fingerprint density at radius 1 is 1.18 bits per heavy atom. The van der Waals surface area contributed by atoms with Crippen molar-refractivity contribution in [1.29, 1.82) is 5.26 Å². The quantitative estimate of drug-likeness (QED) is 0.275. The lowest BCUT2D eigenvalue weighted by molar-refractivity contribution is -0.112. The minimum atomic E-state index is -0.434. The third-order valence-electron chi connectivity index (χ3n) is 4.30. The number of rotatable bonds is 4. The number of hydrogen-bond donors (Lipinski definition) is 1. The van der Waals surface area contributed by atoms with Crippen molar-refractivity contribution < 1.29 is 4.79 Å². The Kier molecular flexibility index (Phi) is 6.22. The monoisotopic (exact) mass is 501 g/mol. The molecule has 28 heavy (non-hydrogen) atoms. The lowest BCUT2D eigenvalue weighted by Gasteiger charge is -2.10. The van der Waals surface area contributed by atoms with Crippen molar-refractivity contribution in [3.05, 3.63) is 85.7 Å². The first-order chi connectivity index (χ1) is 13.4. The fourth-order valence-electron chi connectivity index (χ4n) is 2.98. The summed E-state index contributed by atoms with van der Waals surface area (Å²) >= 11 is 8.31. The third-order valence-corrected chi connectivity index (χ3v) is 5.26. The number of aromatic nitrogens is 1. The average Bonchev–Trinajstić information content (AvgIpc) is 2.94. The Balaban J connectivity index is 1.93. The Morgan fingerprint density at radius 3 is 2.54 bits per heavy atom. The highest BCUT2D eigenvalue weighted by Crippen LogP contribution is 2.25. The van der Waals surface area contributed by atoms with E-state index in [0.29, 0.717) is 10.7 Å². The fraction of sp³-hybridized carbons (Fsp3) is 0.0909. The van der Waals surface area contributed by atoms with Crippen molar-refractivity contribution in [3.63, 3.8) is 0 Å². The summed E-state index contributed by atoms with van der Waals surface area (Å²) in [5.74, 6) is -0.434. The third kappa shape index (κ3) is 4.46. The van der Waals surface area contributed by atoms with E-state index in [1.807, 2.05) is 66.9 Å². The molecule has 140 valence electrons. The van der Waals surface area contributed by atoms with E-state index < -0.39 is 5.91 Å². The predicted octanol–water partition coefficient (Wildman–Crippen LogP) is 5.90. The largest absolute Gasteiger partial charge is 0.321 e. The second-order valence-corrected chi connectivity index (χ2v) is 7.95. The van der Waals surface area contributed by atoms with Gasteiger partial charge in [0.05, 0.1) is 0 Å². The van der Waals surface area contributed by atoms with E-state index >= 15 is 0 Å². The Bertz CT molecular complexity index is 1110. The van der Waals surface area contributed by atoms with Crippen LogP contribution in [0.2, 0.25) is 5.02 Å². The zero-order valence-electron chi connectivity index (χ0n) is 15.3. The fourth-order valence-corrected chi connectivity index (χ4v) is 3.53. The van der Waals surface area contributed by atoms with E-state index in [0.717, 1.165) is 26.2 Å². The van der Waals surface area contributed by atoms with E-state index in [1.54, 1.807) is 18.2 Å². The van der Waals surface area contributed by atoms with Gasteiger partial charge in [-0.15, -0.1) is 0 Å². The van der Waals surface area contributed by atoms with Crippen molar-refractivity contribution >= 4 is 51.9 Å². The predicted molar refractivity (Wildman–Crippen MR) is 122 cm³/mol. The van der Waals surface area contributed by atoms with Gasteiger partial charge in [-0.1, -0.05) is 17.7 Å². The van der Waals surface area contributed by atoms with Gasteiger partial charge < -0.3 is 9.88 Å². The standard InChI is InChI=1S/C22H17ClIN3O/c1-14-10-16(15(2)27(14)21-5-3-4-18(23)12-21)11-17(13-25)22(28)26-20-8-6-19(24)7-9-20/h3-12H,1-2H3,(H,26,28)/b17-11+. The van der Waals surface area contributed by atoms with Crippen LogP contribution >= 0.6 is 34.2 Å². The normalized spacial score (nSPS) is 11.2. The zero-order valence-corrected chi connectivity index (χ0v) is 18.2. The number of anilines is 1. The second-order valence-electron chi connectivity index (χ2n) is 6.27. The van der Waals surface area contributed by atoms with Gasteiger partial charge in [0.15, 0.2) is 0 Å². The molecule has 0 unspecified atom stereocenters. The van der Waals surface area contributed by atoms with Crippen LogP contribution in [0.4, 0.5) is 5.69 Å². The topological polar surface area (TPSA) is 57.8 Å². The summed E-state index contributed by atoms with van der Waals surface area (Å²) in [5, 5.41) is 12.9. The number of nitrogens with zero attached hydrogens (tertiary/aromatic N) is 2. The van der Waals surface area contributed by atoms with E-state index in [1.165, 1.54) is 0 Å². The summed E-state index contributed by atoms with van der Waals surface area (Å²) in [7, 11) is 0. The van der Waals surface area contributed by atoms with Gasteiger partial charge in [-0.05, 0) is 96.6 Å². The minimum Gasteiger partial charge on any atom is -0.321 e. The molecule has 1 N–H and O–H groups in total. The van der Waals surface area contributed by atoms with Crippen molar-refractivity contribution in [3.8, 4) is 11.8 Å². The van der Waals surface area contributed by atoms with Crippen molar-refractivity contribution in [1.82, 2.24) is 4.57 Å². The maximum atomic E-state index is 12.5. The lowest BCUT2D eigenvalue weighted by Crippen LogP contribution is -2.13. The summed E-state index contributed by atoms with van der Waals surface area (Å²) < 4.78 is 3.11. The van der Waals surface area contributed by atoms with E-state index in [-0.39, 0.29) is 5.57 Å². The molecule has 0 aliphatic rings. The van der Waals surface area contributed by atoms with Crippen LogP contribution in [-0.4, -0.2) is 10.5 Å². The van der Waals surface area contributed by atoms with Gasteiger partial charge in [0, 0.05) is 31.4 Å². The first-order valence-electron chi connectivity index (χ1n) is 8.52. The van der Waals surface area contributed by atoms with Gasteiger partial charge >= 0.3 is 0 Å². The molecule has 0 atom stereocenters. The number of hydrogen-bond acceptors (Lipinski definition) is 2. The molecule has 4 nitrogen and oxygen atoms in total. The number of carbonyl (C=O) groups excluding carboxylic acids is 1. The second kappa shape index (κ2) is 8.63. The molecule has 6 heteroatoms. The molecule has 1 heterocycles. The molecule has 0 bridgehead atoms. The Morgan fingerprint density at radius 2 is 1.89 bits per heavy atom. The average molecular weight is 502 g/mol. The summed E-state index contributed by atoms with van der Waals surface area (Å²) in [5.41, 5.74) is 4.35. The summed E-state index contributed by atoms with van der Waals surface area (Å²) in [6, 6.07) is 18.9. The van der Waals surface area contributed by atoms with Gasteiger partial charge in [-0.2, -0.15) is 5.26 Å². The lowest BCUT2D eigenvalue weighted by atomic mass is 10.1. The van der Waals surface area contributed by atoms with Crippen LogP contribution in [0.5, 0.6) is 0 Å². The van der Waals surface area contributed by atoms with E-state index in [2.05, 4.69) is 27.9 Å². The van der Waals surface area contributed by atoms with Crippen LogP contribution in [0.25, 0.3) is 11.8 Å². The van der Waals surface area contributed by atoms with E-state index in [4.69, 9.17) is 11.6 Å². The number of carbonyl (C=O) groups is 1. The van der Waals surface area contributed by atoms with E-state index in [9.17, 15) is 10.1 Å². The van der Waals surface area contributed by atoms with Gasteiger partial charge in [0.1, 0.15) is 11.6 Å². The van der Waals surface area contributed by atoms with Gasteiger partial charge in [-0.25, -0.2) is 0 Å². The molecule has 0 aliphatic heterocycles.